The van der Waals surface area contributed by atoms with Crippen molar-refractivity contribution in [1.29, 1.82) is 0 Å². The topological polar surface area (TPSA) is 100 Å². The molecule has 2 heterocycles. The standard InChI is InChI=1S/C25H20BrF3N4O4S/c1-2-24(25(27,28)29,37-23(34)16-6-8-17(9-7-16)33(35)36)20-13-32(31-30-20)12-14-3-10-18-19(11-14)38-22(26)21(18)15-4-5-15/h3,6-11,13,15H,2,4-5,12H2,1H3. The number of halogens is 4. The number of thiophene rings is 1. The fraction of sp³-hybridized carbons (Fsp3) is 0.320. The van der Waals surface area contributed by atoms with Crippen LogP contribution in [0, 0.1) is 10.1 Å². The predicted octanol–water partition coefficient (Wildman–Crippen LogP) is 7.11. The van der Waals surface area contributed by atoms with Gasteiger partial charge in [-0.3, -0.25) is 10.1 Å². The molecule has 0 saturated heterocycles. The number of nitro groups is 1. The molecular formula is C25H20BrF3N4O4S. The van der Waals surface area contributed by atoms with Gasteiger partial charge < -0.3 is 4.74 Å². The van der Waals surface area contributed by atoms with E-state index in [1.165, 1.54) is 35.4 Å². The summed E-state index contributed by atoms with van der Waals surface area (Å²) < 4.78 is 51.6. The molecule has 13 heteroatoms. The molecular weight excluding hydrogens is 589 g/mol. The molecule has 1 fully saturated rings. The molecule has 2 aromatic heterocycles. The van der Waals surface area contributed by atoms with Gasteiger partial charge in [0.25, 0.3) is 11.3 Å². The van der Waals surface area contributed by atoms with Crippen LogP contribution < -0.4 is 0 Å². The largest absolute Gasteiger partial charge is 0.439 e. The zero-order valence-electron chi connectivity index (χ0n) is 19.9. The third-order valence-corrected chi connectivity index (χ3v) is 8.44. The van der Waals surface area contributed by atoms with E-state index in [0.29, 0.717) is 5.92 Å². The Kier molecular flexibility index (Phi) is 6.76. The predicted molar refractivity (Wildman–Crippen MR) is 137 cm³/mol. The minimum Gasteiger partial charge on any atom is -0.439 e. The number of fused-ring (bicyclic) bond motifs is 1. The van der Waals surface area contributed by atoms with Crippen molar-refractivity contribution < 1.29 is 27.6 Å². The van der Waals surface area contributed by atoms with E-state index in [9.17, 15) is 28.1 Å². The Labute approximate surface area is 226 Å². The summed E-state index contributed by atoms with van der Waals surface area (Å²) >= 11 is 5.28. The van der Waals surface area contributed by atoms with Gasteiger partial charge in [-0.05, 0) is 75.8 Å². The number of nitro benzene ring substituents is 1. The number of hydrogen-bond donors (Lipinski definition) is 0. The third kappa shape index (κ3) is 4.80. The molecule has 0 amide bonds. The molecule has 4 aromatic rings. The maximum Gasteiger partial charge on any atom is 0.434 e. The highest BCUT2D eigenvalue weighted by Crippen LogP contribution is 2.50. The molecule has 0 radical (unpaired) electrons. The minimum atomic E-state index is -5.00. The van der Waals surface area contributed by atoms with Gasteiger partial charge in [0.1, 0.15) is 5.69 Å². The molecule has 0 aliphatic heterocycles. The van der Waals surface area contributed by atoms with E-state index >= 15 is 0 Å². The average Bonchev–Trinajstić information content (AvgIpc) is 3.50. The molecule has 0 N–H and O–H groups in total. The first kappa shape index (κ1) is 26.3. The molecule has 2 aromatic carbocycles. The number of aromatic nitrogens is 3. The number of non-ortho nitro benzene ring substituents is 1. The SMILES string of the molecule is CCC(OC(=O)c1ccc([N+](=O)[O-])cc1)(c1cn(Cc2ccc3c(C4CC4)c(Br)sc3c2)nn1)C(F)(F)F. The molecule has 1 unspecified atom stereocenters. The maximum absolute atomic E-state index is 14.4. The zero-order valence-corrected chi connectivity index (χ0v) is 22.3. The Balaban J connectivity index is 1.41. The van der Waals surface area contributed by atoms with Crippen molar-refractivity contribution in [3.8, 4) is 0 Å². The number of rotatable bonds is 8. The Morgan fingerprint density at radius 1 is 1.24 bits per heavy atom. The van der Waals surface area contributed by atoms with E-state index in [-0.39, 0.29) is 17.8 Å². The molecule has 38 heavy (non-hydrogen) atoms. The number of carbonyl (C=O) groups is 1. The van der Waals surface area contributed by atoms with Crippen LogP contribution in [-0.4, -0.2) is 32.1 Å². The van der Waals surface area contributed by atoms with Crippen LogP contribution in [0.5, 0.6) is 0 Å². The molecule has 0 spiro atoms. The van der Waals surface area contributed by atoms with Crippen molar-refractivity contribution in [2.75, 3.05) is 0 Å². The summed E-state index contributed by atoms with van der Waals surface area (Å²) in [7, 11) is 0. The van der Waals surface area contributed by atoms with Gasteiger partial charge >= 0.3 is 12.1 Å². The second kappa shape index (κ2) is 9.77. The highest BCUT2D eigenvalue weighted by molar-refractivity contribution is 9.11. The van der Waals surface area contributed by atoms with E-state index in [1.54, 1.807) is 11.3 Å². The van der Waals surface area contributed by atoms with Crippen molar-refractivity contribution in [2.24, 2.45) is 0 Å². The number of hydrogen-bond acceptors (Lipinski definition) is 7. The van der Waals surface area contributed by atoms with Crippen LogP contribution in [0.25, 0.3) is 10.1 Å². The minimum absolute atomic E-state index is 0.172. The lowest BCUT2D eigenvalue weighted by molar-refractivity contribution is -0.384. The van der Waals surface area contributed by atoms with Gasteiger partial charge in [0.15, 0.2) is 0 Å². The van der Waals surface area contributed by atoms with Gasteiger partial charge in [0.05, 0.1) is 27.0 Å². The summed E-state index contributed by atoms with van der Waals surface area (Å²) in [4.78, 5) is 22.8. The number of alkyl halides is 3. The molecule has 8 nitrogen and oxygen atoms in total. The second-order valence-corrected chi connectivity index (χ2v) is 11.4. The first-order chi connectivity index (χ1) is 18.0. The molecule has 198 valence electrons. The quantitative estimate of drug-likeness (QED) is 0.120. The zero-order chi connectivity index (χ0) is 27.2. The number of carbonyl (C=O) groups excluding carboxylic acids is 1. The summed E-state index contributed by atoms with van der Waals surface area (Å²) in [5.74, 6) is -0.714. The van der Waals surface area contributed by atoms with Gasteiger partial charge in [-0.15, -0.1) is 16.4 Å². The molecule has 1 atom stereocenters. The van der Waals surface area contributed by atoms with Gasteiger partial charge in [-0.1, -0.05) is 24.3 Å². The number of nitrogens with zero attached hydrogens (tertiary/aromatic N) is 4. The maximum atomic E-state index is 14.4. The van der Waals surface area contributed by atoms with E-state index in [4.69, 9.17) is 4.74 Å². The van der Waals surface area contributed by atoms with Crippen LogP contribution in [0.4, 0.5) is 18.9 Å². The number of ether oxygens (including phenoxy) is 1. The van der Waals surface area contributed by atoms with Crippen LogP contribution in [-0.2, 0) is 16.9 Å². The van der Waals surface area contributed by atoms with E-state index in [2.05, 4.69) is 26.2 Å². The normalized spacial score (nSPS) is 15.4. The smallest absolute Gasteiger partial charge is 0.434 e. The van der Waals surface area contributed by atoms with Crippen LogP contribution in [0.15, 0.2) is 52.4 Å². The Bertz CT molecular complexity index is 1530. The third-order valence-electron chi connectivity index (χ3n) is 6.57. The Hall–Kier alpha value is -3.32. The van der Waals surface area contributed by atoms with Crippen LogP contribution in [0.3, 0.4) is 0 Å². The monoisotopic (exact) mass is 608 g/mol. The van der Waals surface area contributed by atoms with Crippen molar-refractivity contribution >= 4 is 49.0 Å². The fourth-order valence-electron chi connectivity index (χ4n) is 4.38. The molecule has 5 rings (SSSR count). The number of benzene rings is 2. The summed E-state index contributed by atoms with van der Waals surface area (Å²) in [5, 5.41) is 19.6. The first-order valence-corrected chi connectivity index (χ1v) is 13.3. The summed E-state index contributed by atoms with van der Waals surface area (Å²) in [5.41, 5.74) is -2.02. The van der Waals surface area contributed by atoms with Gasteiger partial charge in [-0.25, -0.2) is 9.48 Å². The van der Waals surface area contributed by atoms with Gasteiger partial charge in [0.2, 0.25) is 0 Å². The lowest BCUT2D eigenvalue weighted by Gasteiger charge is -2.32. The van der Waals surface area contributed by atoms with Crippen LogP contribution in [0.1, 0.15) is 59.3 Å². The van der Waals surface area contributed by atoms with Crippen molar-refractivity contribution in [2.45, 2.75) is 50.4 Å². The van der Waals surface area contributed by atoms with Crippen molar-refractivity contribution in [3.63, 3.8) is 0 Å². The first-order valence-electron chi connectivity index (χ1n) is 11.7. The average molecular weight is 609 g/mol. The van der Waals surface area contributed by atoms with E-state index in [1.807, 2.05) is 18.2 Å². The Morgan fingerprint density at radius 3 is 2.55 bits per heavy atom. The summed E-state index contributed by atoms with van der Waals surface area (Å²) in [6, 6.07) is 10.1. The molecule has 0 bridgehead atoms. The van der Waals surface area contributed by atoms with Crippen molar-refractivity contribution in [3.05, 3.63) is 84.9 Å². The van der Waals surface area contributed by atoms with E-state index < -0.39 is 34.8 Å². The molecule has 1 aliphatic rings. The summed E-state index contributed by atoms with van der Waals surface area (Å²) in [6.45, 7) is 1.40. The highest BCUT2D eigenvalue weighted by atomic mass is 79.9. The molecule has 1 saturated carbocycles. The van der Waals surface area contributed by atoms with Crippen LogP contribution in [0.2, 0.25) is 0 Å². The highest BCUT2D eigenvalue weighted by Gasteiger charge is 2.60. The molecule has 1 aliphatic carbocycles. The van der Waals surface area contributed by atoms with Gasteiger partial charge in [0, 0.05) is 16.8 Å². The lowest BCUT2D eigenvalue weighted by Crippen LogP contribution is -2.46. The second-order valence-electron chi connectivity index (χ2n) is 9.07. The van der Waals surface area contributed by atoms with Gasteiger partial charge in [-0.2, -0.15) is 13.2 Å². The van der Waals surface area contributed by atoms with Crippen molar-refractivity contribution in [1.82, 2.24) is 15.0 Å². The summed E-state index contributed by atoms with van der Waals surface area (Å²) in [6.07, 6.45) is -2.18. The van der Waals surface area contributed by atoms with Crippen LogP contribution >= 0.6 is 27.3 Å². The lowest BCUT2D eigenvalue weighted by atomic mass is 9.95. The fourth-order valence-corrected chi connectivity index (χ4v) is 6.51. The Morgan fingerprint density at radius 2 is 1.95 bits per heavy atom. The van der Waals surface area contributed by atoms with E-state index in [0.717, 1.165) is 44.5 Å². The number of esters is 1.